The van der Waals surface area contributed by atoms with Crippen molar-refractivity contribution in [3.8, 4) is 0 Å². The zero-order valence-electron chi connectivity index (χ0n) is 9.93. The molecule has 0 fully saturated rings. The molecule has 0 aliphatic carbocycles. The van der Waals surface area contributed by atoms with Crippen molar-refractivity contribution in [3.05, 3.63) is 22.3 Å². The largest absolute Gasteiger partial charge is 0.366 e. The van der Waals surface area contributed by atoms with Gasteiger partial charge in [-0.1, -0.05) is 13.8 Å². The van der Waals surface area contributed by atoms with Crippen molar-refractivity contribution < 1.29 is 0 Å². The Kier molecular flexibility index (Phi) is 5.56. The summed E-state index contributed by atoms with van der Waals surface area (Å²) in [5.74, 6) is 2.11. The highest BCUT2D eigenvalue weighted by Crippen LogP contribution is 2.25. The van der Waals surface area contributed by atoms with E-state index in [0.717, 1.165) is 16.7 Å². The van der Waals surface area contributed by atoms with Crippen molar-refractivity contribution >= 4 is 33.3 Å². The number of alkyl halides is 1. The van der Waals surface area contributed by atoms with Crippen LogP contribution in [0.15, 0.2) is 16.7 Å². The molecular weight excluding hydrogens is 288 g/mol. The summed E-state index contributed by atoms with van der Waals surface area (Å²) >= 11 is 9.36. The predicted octanol–water partition coefficient (Wildman–Crippen LogP) is 4.22. The van der Waals surface area contributed by atoms with E-state index in [1.165, 1.54) is 5.56 Å². The molecule has 90 valence electrons. The van der Waals surface area contributed by atoms with Gasteiger partial charge in [0.15, 0.2) is 0 Å². The number of pyridine rings is 1. The molecule has 1 N–H and O–H groups in total. The molecule has 2 nitrogen and oxygen atoms in total. The summed E-state index contributed by atoms with van der Waals surface area (Å²) < 4.78 is 1.04. The molecule has 1 rings (SSSR count). The maximum atomic E-state index is 5.81. The van der Waals surface area contributed by atoms with Crippen LogP contribution in [-0.2, 0) is 0 Å². The van der Waals surface area contributed by atoms with Crippen molar-refractivity contribution in [1.82, 2.24) is 4.98 Å². The number of rotatable bonds is 5. The van der Waals surface area contributed by atoms with Gasteiger partial charge in [0.05, 0.1) is 4.47 Å². The van der Waals surface area contributed by atoms with E-state index in [0.29, 0.717) is 17.8 Å². The van der Waals surface area contributed by atoms with E-state index in [1.807, 2.05) is 12.3 Å². The fourth-order valence-corrected chi connectivity index (χ4v) is 2.09. The maximum absolute atomic E-state index is 5.81. The number of hydrogen-bond acceptors (Lipinski definition) is 2. The Hall–Kier alpha value is -0.280. The molecule has 0 aliphatic rings. The van der Waals surface area contributed by atoms with Gasteiger partial charge in [0.1, 0.15) is 5.82 Å². The van der Waals surface area contributed by atoms with Crippen molar-refractivity contribution in [2.75, 3.05) is 11.2 Å². The summed E-state index contributed by atoms with van der Waals surface area (Å²) in [6.07, 6.45) is 2.77. The molecule has 16 heavy (non-hydrogen) atoms. The van der Waals surface area contributed by atoms with E-state index in [4.69, 9.17) is 11.6 Å². The maximum Gasteiger partial charge on any atom is 0.140 e. The molecule has 0 aromatic carbocycles. The average molecular weight is 306 g/mol. The summed E-state index contributed by atoms with van der Waals surface area (Å²) in [6, 6.07) is 2.35. The second-order valence-electron chi connectivity index (χ2n) is 4.26. The molecule has 4 heteroatoms. The van der Waals surface area contributed by atoms with E-state index in [2.05, 4.69) is 47.0 Å². The van der Waals surface area contributed by atoms with Gasteiger partial charge in [0, 0.05) is 18.1 Å². The molecule has 1 unspecified atom stereocenters. The molecular formula is C12H18BrClN2. The third-order valence-electron chi connectivity index (χ3n) is 2.63. The smallest absolute Gasteiger partial charge is 0.140 e. The minimum absolute atomic E-state index is 0.364. The lowest BCUT2D eigenvalue weighted by Gasteiger charge is -2.23. The third-order valence-corrected chi connectivity index (χ3v) is 3.85. The highest BCUT2D eigenvalue weighted by molar-refractivity contribution is 9.10. The number of aryl methyl sites for hydroxylation is 1. The third kappa shape index (κ3) is 3.63. The van der Waals surface area contributed by atoms with Gasteiger partial charge in [-0.25, -0.2) is 4.98 Å². The Morgan fingerprint density at radius 1 is 1.50 bits per heavy atom. The number of anilines is 1. The van der Waals surface area contributed by atoms with Gasteiger partial charge in [-0.2, -0.15) is 0 Å². The molecule has 1 heterocycles. The van der Waals surface area contributed by atoms with Gasteiger partial charge in [-0.05, 0) is 46.8 Å². The lowest BCUT2D eigenvalue weighted by molar-refractivity contribution is 0.511. The van der Waals surface area contributed by atoms with Crippen LogP contribution < -0.4 is 5.32 Å². The lowest BCUT2D eigenvalue weighted by Crippen LogP contribution is -2.26. The second kappa shape index (κ2) is 6.45. The fraction of sp³-hybridized carbons (Fsp3) is 0.583. The average Bonchev–Trinajstić information content (AvgIpc) is 2.23. The van der Waals surface area contributed by atoms with Gasteiger partial charge >= 0.3 is 0 Å². The minimum atomic E-state index is 0.364. The van der Waals surface area contributed by atoms with Crippen LogP contribution >= 0.6 is 27.5 Å². The van der Waals surface area contributed by atoms with Crippen LogP contribution in [0.5, 0.6) is 0 Å². The molecule has 0 bridgehead atoms. The number of hydrogen-bond donors (Lipinski definition) is 1. The standard InChI is InChI=1S/C12H18BrClN2/c1-8(2)10(4-6-14)16-12-11(13)9(3)5-7-15-12/h5,7-8,10H,4,6H2,1-3H3,(H,15,16). The van der Waals surface area contributed by atoms with Crippen LogP contribution in [0.2, 0.25) is 0 Å². The van der Waals surface area contributed by atoms with Crippen molar-refractivity contribution in [3.63, 3.8) is 0 Å². The number of nitrogens with one attached hydrogen (secondary N) is 1. The van der Waals surface area contributed by atoms with E-state index >= 15 is 0 Å². The van der Waals surface area contributed by atoms with Gasteiger partial charge in [0.25, 0.3) is 0 Å². The Morgan fingerprint density at radius 2 is 2.19 bits per heavy atom. The molecule has 1 atom stereocenters. The Labute approximate surface area is 111 Å². The Bertz CT molecular complexity index is 342. The van der Waals surface area contributed by atoms with Crippen molar-refractivity contribution in [2.45, 2.75) is 33.2 Å². The highest BCUT2D eigenvalue weighted by Gasteiger charge is 2.14. The lowest BCUT2D eigenvalue weighted by atomic mass is 10.0. The van der Waals surface area contributed by atoms with Gasteiger partial charge in [-0.3, -0.25) is 0 Å². The zero-order chi connectivity index (χ0) is 12.1. The SMILES string of the molecule is Cc1ccnc(NC(CCCl)C(C)C)c1Br. The van der Waals surface area contributed by atoms with E-state index in [9.17, 15) is 0 Å². The van der Waals surface area contributed by atoms with E-state index in [1.54, 1.807) is 0 Å². The topological polar surface area (TPSA) is 24.9 Å². The monoisotopic (exact) mass is 304 g/mol. The molecule has 1 aromatic rings. The molecule has 0 amide bonds. The summed E-state index contributed by atoms with van der Waals surface area (Å²) in [5.41, 5.74) is 1.19. The zero-order valence-corrected chi connectivity index (χ0v) is 12.3. The predicted molar refractivity (Wildman–Crippen MR) is 74.3 cm³/mol. The van der Waals surface area contributed by atoms with E-state index < -0.39 is 0 Å². The first-order chi connectivity index (χ1) is 7.56. The first-order valence-corrected chi connectivity index (χ1v) is 6.82. The number of nitrogens with zero attached hydrogens (tertiary/aromatic N) is 1. The van der Waals surface area contributed by atoms with Crippen molar-refractivity contribution in [2.24, 2.45) is 5.92 Å². The second-order valence-corrected chi connectivity index (χ2v) is 5.43. The number of halogens is 2. The molecule has 0 aliphatic heterocycles. The molecule has 0 spiro atoms. The summed E-state index contributed by atoms with van der Waals surface area (Å²) in [4.78, 5) is 4.34. The van der Waals surface area contributed by atoms with Crippen LogP contribution in [-0.4, -0.2) is 16.9 Å². The fourth-order valence-electron chi connectivity index (χ4n) is 1.51. The highest BCUT2D eigenvalue weighted by atomic mass is 79.9. The summed E-state index contributed by atoms with van der Waals surface area (Å²) in [6.45, 7) is 6.44. The minimum Gasteiger partial charge on any atom is -0.366 e. The van der Waals surface area contributed by atoms with Crippen molar-refractivity contribution in [1.29, 1.82) is 0 Å². The summed E-state index contributed by atoms with van der Waals surface area (Å²) in [7, 11) is 0. The Morgan fingerprint density at radius 3 is 2.75 bits per heavy atom. The van der Waals surface area contributed by atoms with Crippen LogP contribution in [0.1, 0.15) is 25.8 Å². The molecule has 0 radical (unpaired) electrons. The first-order valence-electron chi connectivity index (χ1n) is 5.50. The first kappa shape index (κ1) is 13.8. The van der Waals surface area contributed by atoms with Gasteiger partial charge < -0.3 is 5.32 Å². The van der Waals surface area contributed by atoms with E-state index in [-0.39, 0.29) is 0 Å². The normalized spacial score (nSPS) is 12.9. The van der Waals surface area contributed by atoms with Gasteiger partial charge in [-0.15, -0.1) is 11.6 Å². The van der Waals surface area contributed by atoms with Crippen LogP contribution in [0.4, 0.5) is 5.82 Å². The quantitative estimate of drug-likeness (QED) is 0.824. The van der Waals surface area contributed by atoms with Crippen LogP contribution in [0.3, 0.4) is 0 Å². The van der Waals surface area contributed by atoms with Gasteiger partial charge in [0.2, 0.25) is 0 Å². The van der Waals surface area contributed by atoms with Crippen LogP contribution in [0.25, 0.3) is 0 Å². The molecule has 0 saturated heterocycles. The Balaban J connectivity index is 2.81. The summed E-state index contributed by atoms with van der Waals surface area (Å²) in [5, 5.41) is 3.45. The van der Waals surface area contributed by atoms with Crippen LogP contribution in [0, 0.1) is 12.8 Å². The molecule has 1 aromatic heterocycles. The number of aromatic nitrogens is 1. The molecule has 0 saturated carbocycles.